The van der Waals surface area contributed by atoms with Gasteiger partial charge < -0.3 is 9.64 Å². The van der Waals surface area contributed by atoms with E-state index in [1.54, 1.807) is 24.1 Å². The molecule has 1 amide bonds. The van der Waals surface area contributed by atoms with E-state index in [1.807, 2.05) is 26.0 Å². The van der Waals surface area contributed by atoms with Gasteiger partial charge in [-0.05, 0) is 32.0 Å². The third-order valence-corrected chi connectivity index (χ3v) is 2.57. The largest absolute Gasteiger partial charge is 0.491 e. The Labute approximate surface area is 111 Å². The van der Waals surface area contributed by atoms with Crippen LogP contribution in [0.15, 0.2) is 24.3 Å². The van der Waals surface area contributed by atoms with Crippen molar-refractivity contribution in [3.8, 4) is 5.75 Å². The summed E-state index contributed by atoms with van der Waals surface area (Å²) in [5.74, 6) is 0.747. The summed E-state index contributed by atoms with van der Waals surface area (Å²) in [5, 5.41) is 0.775. The summed E-state index contributed by atoms with van der Waals surface area (Å²) in [5.41, 5.74) is 0.659. The summed E-state index contributed by atoms with van der Waals surface area (Å²) in [7, 11) is 1.79. The van der Waals surface area contributed by atoms with Crippen LogP contribution in [0.4, 0.5) is 0 Å². The molecule has 0 fully saturated rings. The van der Waals surface area contributed by atoms with Crippen molar-refractivity contribution in [3.05, 3.63) is 29.8 Å². The summed E-state index contributed by atoms with van der Waals surface area (Å²) < 4.78 is 5.56. The molecule has 0 aromatic heterocycles. The average Bonchev–Trinajstić information content (AvgIpc) is 2.28. The zero-order valence-electron chi connectivity index (χ0n) is 10.4. The normalized spacial score (nSPS) is 10.4. The Kier molecular flexibility index (Phi) is 5.48. The van der Waals surface area contributed by atoms with Crippen molar-refractivity contribution in [2.75, 3.05) is 18.9 Å². The summed E-state index contributed by atoms with van der Waals surface area (Å²) in [6.07, 6.45) is 0.112. The number of alkyl halides is 1. The molecule has 0 aliphatic rings. The van der Waals surface area contributed by atoms with Gasteiger partial charge >= 0.3 is 0 Å². The first-order chi connectivity index (χ1) is 8.04. The molecular weight excluding hydrogens is 282 g/mol. The lowest BCUT2D eigenvalue weighted by Crippen LogP contribution is -2.28. The Balaban J connectivity index is 2.80. The molecule has 4 heteroatoms. The molecule has 1 aromatic rings. The maximum atomic E-state index is 12.0. The monoisotopic (exact) mass is 299 g/mol. The van der Waals surface area contributed by atoms with E-state index < -0.39 is 0 Å². The van der Waals surface area contributed by atoms with Crippen molar-refractivity contribution in [1.82, 2.24) is 4.90 Å². The lowest BCUT2D eigenvalue weighted by molar-refractivity contribution is 0.0803. The molecule has 0 saturated carbocycles. The topological polar surface area (TPSA) is 29.5 Å². The van der Waals surface area contributed by atoms with Crippen LogP contribution >= 0.6 is 15.9 Å². The standard InChI is InChI=1S/C13H18BrNO2/c1-10(2)17-12-6-4-5-11(9-12)13(16)15(3)8-7-14/h4-6,9-10H,7-8H2,1-3H3. The Morgan fingerprint density at radius 1 is 1.47 bits per heavy atom. The maximum absolute atomic E-state index is 12.0. The highest BCUT2D eigenvalue weighted by atomic mass is 79.9. The highest BCUT2D eigenvalue weighted by Crippen LogP contribution is 2.16. The minimum atomic E-state index is 0.0126. The number of carbonyl (C=O) groups excluding carboxylic acids is 1. The Bertz CT molecular complexity index is 379. The van der Waals surface area contributed by atoms with Crippen LogP contribution in [0.5, 0.6) is 5.75 Å². The Morgan fingerprint density at radius 2 is 2.18 bits per heavy atom. The maximum Gasteiger partial charge on any atom is 0.253 e. The quantitative estimate of drug-likeness (QED) is 0.783. The van der Waals surface area contributed by atoms with Crippen molar-refractivity contribution in [2.24, 2.45) is 0 Å². The predicted molar refractivity (Wildman–Crippen MR) is 73.0 cm³/mol. The number of amides is 1. The van der Waals surface area contributed by atoms with E-state index >= 15 is 0 Å². The van der Waals surface area contributed by atoms with Gasteiger partial charge in [0.15, 0.2) is 0 Å². The Hall–Kier alpha value is -1.03. The first kappa shape index (κ1) is 14.0. The molecule has 0 heterocycles. The van der Waals surface area contributed by atoms with E-state index in [4.69, 9.17) is 4.74 Å². The van der Waals surface area contributed by atoms with E-state index in [2.05, 4.69) is 15.9 Å². The molecule has 0 atom stereocenters. The van der Waals surface area contributed by atoms with Crippen LogP contribution in [0.25, 0.3) is 0 Å². The van der Waals surface area contributed by atoms with Gasteiger partial charge in [-0.15, -0.1) is 0 Å². The molecule has 0 bridgehead atoms. The minimum absolute atomic E-state index is 0.0126. The Morgan fingerprint density at radius 3 is 2.76 bits per heavy atom. The third-order valence-electron chi connectivity index (χ3n) is 2.22. The van der Waals surface area contributed by atoms with Gasteiger partial charge in [0.05, 0.1) is 6.10 Å². The van der Waals surface area contributed by atoms with Crippen LogP contribution in [0.2, 0.25) is 0 Å². The van der Waals surface area contributed by atoms with E-state index in [1.165, 1.54) is 0 Å². The summed E-state index contributed by atoms with van der Waals surface area (Å²) in [6.45, 7) is 4.62. The third kappa shape index (κ3) is 4.38. The van der Waals surface area contributed by atoms with Crippen molar-refractivity contribution in [3.63, 3.8) is 0 Å². The number of carbonyl (C=O) groups is 1. The number of rotatable bonds is 5. The fraction of sp³-hybridized carbons (Fsp3) is 0.462. The molecule has 3 nitrogen and oxygen atoms in total. The lowest BCUT2D eigenvalue weighted by atomic mass is 10.2. The first-order valence-electron chi connectivity index (χ1n) is 5.62. The van der Waals surface area contributed by atoms with E-state index in [9.17, 15) is 4.79 Å². The average molecular weight is 300 g/mol. The van der Waals surface area contributed by atoms with Crippen molar-refractivity contribution in [2.45, 2.75) is 20.0 Å². The van der Waals surface area contributed by atoms with Gasteiger partial charge in [0, 0.05) is 24.5 Å². The van der Waals surface area contributed by atoms with Crippen molar-refractivity contribution in [1.29, 1.82) is 0 Å². The van der Waals surface area contributed by atoms with Crippen LogP contribution in [0.3, 0.4) is 0 Å². The minimum Gasteiger partial charge on any atom is -0.491 e. The number of ether oxygens (including phenoxy) is 1. The van der Waals surface area contributed by atoms with Crippen LogP contribution in [0.1, 0.15) is 24.2 Å². The second-order valence-electron chi connectivity index (χ2n) is 4.11. The number of nitrogens with zero attached hydrogens (tertiary/aromatic N) is 1. The molecular formula is C13H18BrNO2. The van der Waals surface area contributed by atoms with Gasteiger partial charge in [0.2, 0.25) is 0 Å². The molecule has 0 aliphatic carbocycles. The molecule has 1 rings (SSSR count). The highest BCUT2D eigenvalue weighted by Gasteiger charge is 2.11. The van der Waals surface area contributed by atoms with Crippen molar-refractivity contribution < 1.29 is 9.53 Å². The summed E-state index contributed by atoms with van der Waals surface area (Å²) in [6, 6.07) is 7.29. The van der Waals surface area contributed by atoms with Crippen LogP contribution < -0.4 is 4.74 Å². The molecule has 0 N–H and O–H groups in total. The second kappa shape index (κ2) is 6.64. The van der Waals surface area contributed by atoms with Crippen LogP contribution in [0, 0.1) is 0 Å². The zero-order chi connectivity index (χ0) is 12.8. The molecule has 94 valence electrons. The van der Waals surface area contributed by atoms with Gasteiger partial charge in [-0.1, -0.05) is 22.0 Å². The molecule has 0 spiro atoms. The molecule has 0 saturated heterocycles. The molecule has 0 aliphatic heterocycles. The van der Waals surface area contributed by atoms with Gasteiger partial charge in [-0.2, -0.15) is 0 Å². The number of halogens is 1. The van der Waals surface area contributed by atoms with E-state index in [0.717, 1.165) is 11.1 Å². The lowest BCUT2D eigenvalue weighted by Gasteiger charge is -2.16. The van der Waals surface area contributed by atoms with Gasteiger partial charge in [-0.3, -0.25) is 4.79 Å². The van der Waals surface area contributed by atoms with Gasteiger partial charge in [0.1, 0.15) is 5.75 Å². The fourth-order valence-corrected chi connectivity index (χ4v) is 1.96. The molecule has 0 unspecified atom stereocenters. The van der Waals surface area contributed by atoms with Gasteiger partial charge in [-0.25, -0.2) is 0 Å². The fourth-order valence-electron chi connectivity index (χ4n) is 1.42. The van der Waals surface area contributed by atoms with Gasteiger partial charge in [0.25, 0.3) is 5.91 Å². The summed E-state index contributed by atoms with van der Waals surface area (Å²) in [4.78, 5) is 13.7. The SMILES string of the molecule is CC(C)Oc1cccc(C(=O)N(C)CCBr)c1. The molecule has 0 radical (unpaired) electrons. The van der Waals surface area contributed by atoms with Crippen molar-refractivity contribution >= 4 is 21.8 Å². The second-order valence-corrected chi connectivity index (χ2v) is 4.90. The number of hydrogen-bond acceptors (Lipinski definition) is 2. The molecule has 17 heavy (non-hydrogen) atoms. The zero-order valence-corrected chi connectivity index (χ0v) is 12.0. The predicted octanol–water partition coefficient (Wildman–Crippen LogP) is 2.94. The smallest absolute Gasteiger partial charge is 0.253 e. The van der Waals surface area contributed by atoms with E-state index in [0.29, 0.717) is 12.1 Å². The number of benzene rings is 1. The summed E-state index contributed by atoms with van der Waals surface area (Å²) >= 11 is 3.32. The highest BCUT2D eigenvalue weighted by molar-refractivity contribution is 9.09. The first-order valence-corrected chi connectivity index (χ1v) is 6.75. The van der Waals surface area contributed by atoms with Crippen LogP contribution in [-0.4, -0.2) is 35.8 Å². The van der Waals surface area contributed by atoms with E-state index in [-0.39, 0.29) is 12.0 Å². The van der Waals surface area contributed by atoms with Crippen LogP contribution in [-0.2, 0) is 0 Å². The molecule has 1 aromatic carbocycles. The number of hydrogen-bond donors (Lipinski definition) is 0.